The number of nitrogens with zero attached hydrogens (tertiary/aromatic N) is 1. The van der Waals surface area contributed by atoms with Gasteiger partial charge in [0.05, 0.1) is 18.8 Å². The number of piperazine rings is 1. The maximum absolute atomic E-state index is 5.54. The van der Waals surface area contributed by atoms with E-state index in [2.05, 4.69) is 41.4 Å². The highest BCUT2D eigenvalue weighted by Gasteiger charge is 2.46. The first-order valence-electron chi connectivity index (χ1n) is 6.42. The molecule has 2 fully saturated rings. The Kier molecular flexibility index (Phi) is 2.90. The number of rotatable bonds is 2. The van der Waals surface area contributed by atoms with Gasteiger partial charge in [0, 0.05) is 26.2 Å². The van der Waals surface area contributed by atoms with Crippen molar-refractivity contribution in [3.05, 3.63) is 35.4 Å². The van der Waals surface area contributed by atoms with Crippen molar-refractivity contribution in [3.8, 4) is 0 Å². The highest BCUT2D eigenvalue weighted by Crippen LogP contribution is 2.37. The molecule has 0 atom stereocenters. The molecule has 2 saturated heterocycles. The average Bonchev–Trinajstić information content (AvgIpc) is 2.32. The van der Waals surface area contributed by atoms with Crippen LogP contribution < -0.4 is 5.32 Å². The van der Waals surface area contributed by atoms with Crippen molar-refractivity contribution < 1.29 is 4.74 Å². The maximum Gasteiger partial charge on any atom is 0.0937 e. The third-order valence-corrected chi connectivity index (χ3v) is 4.05. The molecule has 0 bridgehead atoms. The molecule has 17 heavy (non-hydrogen) atoms. The average molecular weight is 232 g/mol. The van der Waals surface area contributed by atoms with Gasteiger partial charge >= 0.3 is 0 Å². The van der Waals surface area contributed by atoms with Gasteiger partial charge < -0.3 is 10.1 Å². The first-order valence-corrected chi connectivity index (χ1v) is 6.42. The van der Waals surface area contributed by atoms with E-state index >= 15 is 0 Å². The van der Waals surface area contributed by atoms with Gasteiger partial charge in [-0.15, -0.1) is 0 Å². The van der Waals surface area contributed by atoms with Crippen LogP contribution in [0.15, 0.2) is 24.3 Å². The largest absolute Gasteiger partial charge is 0.377 e. The molecule has 3 nitrogen and oxygen atoms in total. The second kappa shape index (κ2) is 4.41. The molecule has 2 aliphatic rings. The van der Waals surface area contributed by atoms with Gasteiger partial charge in [-0.3, -0.25) is 4.90 Å². The van der Waals surface area contributed by atoms with Crippen molar-refractivity contribution in [3.63, 3.8) is 0 Å². The molecule has 2 heterocycles. The first-order chi connectivity index (χ1) is 8.33. The molecule has 0 amide bonds. The minimum Gasteiger partial charge on any atom is -0.377 e. The van der Waals surface area contributed by atoms with Crippen LogP contribution in [0, 0.1) is 6.92 Å². The van der Waals surface area contributed by atoms with Crippen molar-refractivity contribution in [2.75, 3.05) is 39.4 Å². The summed E-state index contributed by atoms with van der Waals surface area (Å²) in [5, 5.41) is 3.42. The van der Waals surface area contributed by atoms with Crippen LogP contribution in [0.3, 0.4) is 0 Å². The second-order valence-electron chi connectivity index (χ2n) is 5.08. The predicted octanol–water partition coefficient (Wildman–Crippen LogP) is 1.13. The number of hydrogen-bond acceptors (Lipinski definition) is 3. The molecule has 2 aliphatic heterocycles. The highest BCUT2D eigenvalue weighted by molar-refractivity contribution is 5.35. The smallest absolute Gasteiger partial charge is 0.0937 e. The molecule has 0 unspecified atom stereocenters. The Hall–Kier alpha value is -0.900. The summed E-state index contributed by atoms with van der Waals surface area (Å²) < 4.78 is 5.54. The van der Waals surface area contributed by atoms with Gasteiger partial charge in [-0.2, -0.15) is 0 Å². The van der Waals surface area contributed by atoms with Gasteiger partial charge in [0.25, 0.3) is 0 Å². The Morgan fingerprint density at radius 3 is 2.47 bits per heavy atom. The summed E-state index contributed by atoms with van der Waals surface area (Å²) in [6.07, 6.45) is 0. The Balaban J connectivity index is 1.93. The minimum atomic E-state index is 0.146. The molecule has 3 rings (SSSR count). The summed E-state index contributed by atoms with van der Waals surface area (Å²) in [5.74, 6) is 0. The number of ether oxygens (including phenoxy) is 1. The van der Waals surface area contributed by atoms with Crippen molar-refractivity contribution in [2.45, 2.75) is 12.5 Å². The number of aryl methyl sites for hydroxylation is 1. The van der Waals surface area contributed by atoms with E-state index in [-0.39, 0.29) is 5.54 Å². The fourth-order valence-corrected chi connectivity index (χ4v) is 2.99. The molecular weight excluding hydrogens is 212 g/mol. The molecule has 0 radical (unpaired) electrons. The zero-order valence-corrected chi connectivity index (χ0v) is 10.4. The highest BCUT2D eigenvalue weighted by atomic mass is 16.5. The van der Waals surface area contributed by atoms with Crippen LogP contribution in [0.25, 0.3) is 0 Å². The summed E-state index contributed by atoms with van der Waals surface area (Å²) in [4.78, 5) is 2.59. The molecule has 0 spiro atoms. The van der Waals surface area contributed by atoms with E-state index in [0.717, 1.165) is 39.4 Å². The van der Waals surface area contributed by atoms with Crippen LogP contribution in [-0.2, 0) is 10.3 Å². The lowest BCUT2D eigenvalue weighted by molar-refractivity contribution is -0.149. The molecule has 1 N–H and O–H groups in total. The van der Waals surface area contributed by atoms with E-state index < -0.39 is 0 Å². The van der Waals surface area contributed by atoms with Crippen LogP contribution in [0.2, 0.25) is 0 Å². The quantitative estimate of drug-likeness (QED) is 0.827. The third-order valence-electron chi connectivity index (χ3n) is 4.05. The maximum atomic E-state index is 5.54. The molecule has 0 aliphatic carbocycles. The summed E-state index contributed by atoms with van der Waals surface area (Å²) >= 11 is 0. The van der Waals surface area contributed by atoms with E-state index in [1.165, 1.54) is 11.1 Å². The normalized spacial score (nSPS) is 24.3. The minimum absolute atomic E-state index is 0.146. The lowest BCUT2D eigenvalue weighted by Crippen LogP contribution is -2.63. The molecular formula is C14H20N2O. The molecule has 92 valence electrons. The fourth-order valence-electron chi connectivity index (χ4n) is 2.99. The number of hydrogen-bond donors (Lipinski definition) is 1. The monoisotopic (exact) mass is 232 g/mol. The Morgan fingerprint density at radius 2 is 1.88 bits per heavy atom. The van der Waals surface area contributed by atoms with Crippen LogP contribution in [0.4, 0.5) is 0 Å². The zero-order chi connectivity index (χ0) is 11.7. The van der Waals surface area contributed by atoms with Crippen LogP contribution in [0.1, 0.15) is 11.1 Å². The predicted molar refractivity (Wildman–Crippen MR) is 68.1 cm³/mol. The van der Waals surface area contributed by atoms with Crippen LogP contribution in [-0.4, -0.2) is 44.3 Å². The van der Waals surface area contributed by atoms with Crippen LogP contribution >= 0.6 is 0 Å². The second-order valence-corrected chi connectivity index (χ2v) is 5.08. The number of nitrogens with one attached hydrogen (secondary N) is 1. The fraction of sp³-hybridized carbons (Fsp3) is 0.571. The SMILES string of the molecule is Cc1ccccc1C1(N2CCNCC2)COC1. The first kappa shape index (κ1) is 11.2. The Morgan fingerprint density at radius 1 is 1.18 bits per heavy atom. The Labute approximate surface area is 103 Å². The van der Waals surface area contributed by atoms with Crippen molar-refractivity contribution in [1.82, 2.24) is 10.2 Å². The van der Waals surface area contributed by atoms with E-state index in [9.17, 15) is 0 Å². The van der Waals surface area contributed by atoms with Crippen molar-refractivity contribution in [1.29, 1.82) is 0 Å². The van der Waals surface area contributed by atoms with Crippen molar-refractivity contribution in [2.24, 2.45) is 0 Å². The van der Waals surface area contributed by atoms with Gasteiger partial charge in [-0.1, -0.05) is 24.3 Å². The third kappa shape index (κ3) is 1.79. The van der Waals surface area contributed by atoms with Gasteiger partial charge in [0.15, 0.2) is 0 Å². The van der Waals surface area contributed by atoms with Gasteiger partial charge in [-0.25, -0.2) is 0 Å². The number of benzene rings is 1. The summed E-state index contributed by atoms with van der Waals surface area (Å²) in [6, 6.07) is 8.73. The zero-order valence-electron chi connectivity index (χ0n) is 10.4. The van der Waals surface area contributed by atoms with E-state index in [0.29, 0.717) is 0 Å². The summed E-state index contributed by atoms with van der Waals surface area (Å²) in [7, 11) is 0. The summed E-state index contributed by atoms with van der Waals surface area (Å²) in [6.45, 7) is 8.32. The molecule has 1 aromatic carbocycles. The van der Waals surface area contributed by atoms with E-state index in [4.69, 9.17) is 4.74 Å². The Bertz CT molecular complexity index is 395. The van der Waals surface area contributed by atoms with Gasteiger partial charge in [0.1, 0.15) is 0 Å². The van der Waals surface area contributed by atoms with Gasteiger partial charge in [0.2, 0.25) is 0 Å². The van der Waals surface area contributed by atoms with Crippen molar-refractivity contribution >= 4 is 0 Å². The molecule has 3 heteroatoms. The van der Waals surface area contributed by atoms with Crippen LogP contribution in [0.5, 0.6) is 0 Å². The lowest BCUT2D eigenvalue weighted by Gasteiger charge is -2.52. The topological polar surface area (TPSA) is 24.5 Å². The molecule has 0 aromatic heterocycles. The standard InChI is InChI=1S/C14H20N2O/c1-12-4-2-3-5-13(12)14(10-17-11-14)16-8-6-15-7-9-16/h2-5,15H,6-11H2,1H3. The van der Waals surface area contributed by atoms with E-state index in [1.807, 2.05) is 0 Å². The van der Waals surface area contributed by atoms with Gasteiger partial charge in [-0.05, 0) is 18.1 Å². The molecule has 0 saturated carbocycles. The molecule has 1 aromatic rings. The summed E-state index contributed by atoms with van der Waals surface area (Å²) in [5.41, 5.74) is 2.98. The lowest BCUT2D eigenvalue weighted by atomic mass is 9.83. The van der Waals surface area contributed by atoms with E-state index in [1.54, 1.807) is 0 Å².